The van der Waals surface area contributed by atoms with Gasteiger partial charge in [0.15, 0.2) is 0 Å². The minimum atomic E-state index is 0.0641. The Bertz CT molecular complexity index is 627. The van der Waals surface area contributed by atoms with E-state index in [1.807, 2.05) is 41.3 Å². The van der Waals surface area contributed by atoms with Crippen LogP contribution in [0, 0.1) is 0 Å². The summed E-state index contributed by atoms with van der Waals surface area (Å²) in [6.07, 6.45) is 3.46. The molecule has 3 rings (SSSR count). The van der Waals surface area contributed by atoms with Crippen molar-refractivity contribution < 1.29 is 4.79 Å². The average Bonchev–Trinajstić information content (AvgIpc) is 2.56. The second-order valence-electron chi connectivity index (χ2n) is 5.38. The lowest BCUT2D eigenvalue weighted by Gasteiger charge is -2.34. The summed E-state index contributed by atoms with van der Waals surface area (Å²) in [6, 6.07) is 12.2. The third kappa shape index (κ3) is 2.95. The topological polar surface area (TPSA) is 45.2 Å². The van der Waals surface area contributed by atoms with Crippen molar-refractivity contribution in [2.24, 2.45) is 0 Å². The Morgan fingerprint density at radius 2 is 2.05 bits per heavy atom. The van der Waals surface area contributed by atoms with Crippen molar-refractivity contribution >= 4 is 5.91 Å². The first-order valence-electron chi connectivity index (χ1n) is 7.28. The van der Waals surface area contributed by atoms with Crippen molar-refractivity contribution in [3.05, 3.63) is 54.4 Å². The van der Waals surface area contributed by atoms with Crippen molar-refractivity contribution in [2.45, 2.75) is 13.0 Å². The van der Waals surface area contributed by atoms with Gasteiger partial charge < -0.3 is 10.2 Å². The van der Waals surface area contributed by atoms with E-state index < -0.39 is 0 Å². The molecule has 0 saturated carbocycles. The van der Waals surface area contributed by atoms with Gasteiger partial charge in [-0.3, -0.25) is 9.78 Å². The van der Waals surface area contributed by atoms with Crippen LogP contribution in [0.25, 0.3) is 11.1 Å². The molecular weight excluding hydrogens is 262 g/mol. The number of carbonyl (C=O) groups is 1. The van der Waals surface area contributed by atoms with Crippen LogP contribution in [0.15, 0.2) is 48.8 Å². The Morgan fingerprint density at radius 1 is 1.24 bits per heavy atom. The largest absolute Gasteiger partial charge is 0.333 e. The first kappa shape index (κ1) is 13.8. The molecule has 1 amide bonds. The predicted molar refractivity (Wildman–Crippen MR) is 83.0 cm³/mol. The van der Waals surface area contributed by atoms with E-state index in [0.717, 1.165) is 30.8 Å². The second-order valence-corrected chi connectivity index (χ2v) is 5.38. The summed E-state index contributed by atoms with van der Waals surface area (Å²) in [5.41, 5.74) is 2.71. The van der Waals surface area contributed by atoms with Crippen LogP contribution in [-0.4, -0.2) is 41.5 Å². The van der Waals surface area contributed by atoms with E-state index in [-0.39, 0.29) is 11.9 Å². The maximum Gasteiger partial charge on any atom is 0.255 e. The lowest BCUT2D eigenvalue weighted by atomic mass is 10.1. The highest BCUT2D eigenvalue weighted by Crippen LogP contribution is 2.20. The van der Waals surface area contributed by atoms with Gasteiger partial charge in [0.05, 0.1) is 5.56 Å². The highest BCUT2D eigenvalue weighted by Gasteiger charge is 2.24. The molecule has 2 heterocycles. The van der Waals surface area contributed by atoms with Gasteiger partial charge in [0.2, 0.25) is 0 Å². The molecule has 2 aromatic rings. The summed E-state index contributed by atoms with van der Waals surface area (Å²) in [5.74, 6) is 0.0641. The van der Waals surface area contributed by atoms with Crippen LogP contribution in [0.4, 0.5) is 0 Å². The minimum absolute atomic E-state index is 0.0641. The zero-order valence-electron chi connectivity index (χ0n) is 12.1. The summed E-state index contributed by atoms with van der Waals surface area (Å²) >= 11 is 0. The molecule has 0 unspecified atom stereocenters. The van der Waals surface area contributed by atoms with Gasteiger partial charge >= 0.3 is 0 Å². The second kappa shape index (κ2) is 6.06. The normalized spacial score (nSPS) is 18.5. The predicted octanol–water partition coefficient (Wildman–Crippen LogP) is 2.18. The molecule has 1 aromatic heterocycles. The molecule has 108 valence electrons. The molecule has 1 aromatic carbocycles. The molecule has 1 N–H and O–H groups in total. The van der Waals surface area contributed by atoms with Crippen molar-refractivity contribution in [1.29, 1.82) is 0 Å². The van der Waals surface area contributed by atoms with E-state index in [0.29, 0.717) is 5.56 Å². The number of pyridine rings is 1. The van der Waals surface area contributed by atoms with Crippen LogP contribution in [0.1, 0.15) is 17.3 Å². The zero-order valence-corrected chi connectivity index (χ0v) is 12.1. The molecule has 1 aliphatic heterocycles. The third-order valence-corrected chi connectivity index (χ3v) is 3.85. The highest BCUT2D eigenvalue weighted by molar-refractivity contribution is 5.95. The summed E-state index contributed by atoms with van der Waals surface area (Å²) in [5, 5.41) is 3.30. The molecule has 1 aliphatic rings. The Hall–Kier alpha value is -2.20. The van der Waals surface area contributed by atoms with Crippen molar-refractivity contribution in [3.8, 4) is 11.1 Å². The fourth-order valence-corrected chi connectivity index (χ4v) is 2.65. The van der Waals surface area contributed by atoms with Gasteiger partial charge in [0.1, 0.15) is 0 Å². The van der Waals surface area contributed by atoms with Crippen molar-refractivity contribution in [3.63, 3.8) is 0 Å². The number of amides is 1. The first-order valence-corrected chi connectivity index (χ1v) is 7.28. The van der Waals surface area contributed by atoms with Gasteiger partial charge in [-0.2, -0.15) is 0 Å². The Morgan fingerprint density at radius 3 is 2.81 bits per heavy atom. The fraction of sp³-hybridized carbons (Fsp3) is 0.294. The summed E-state index contributed by atoms with van der Waals surface area (Å²) in [6.45, 7) is 4.51. The number of hydrogen-bond acceptors (Lipinski definition) is 3. The van der Waals surface area contributed by atoms with E-state index >= 15 is 0 Å². The van der Waals surface area contributed by atoms with Crippen LogP contribution in [0.5, 0.6) is 0 Å². The first-order chi connectivity index (χ1) is 10.3. The van der Waals surface area contributed by atoms with E-state index in [1.54, 1.807) is 12.4 Å². The number of benzene rings is 1. The average molecular weight is 281 g/mol. The molecule has 0 radical (unpaired) electrons. The molecule has 4 heteroatoms. The Kier molecular flexibility index (Phi) is 3.97. The molecular formula is C17H19N3O. The van der Waals surface area contributed by atoms with E-state index in [9.17, 15) is 4.79 Å². The Labute approximate surface area is 124 Å². The number of rotatable bonds is 2. The smallest absolute Gasteiger partial charge is 0.255 e. The fourth-order valence-electron chi connectivity index (χ4n) is 2.65. The van der Waals surface area contributed by atoms with E-state index in [2.05, 4.69) is 17.2 Å². The van der Waals surface area contributed by atoms with Crippen molar-refractivity contribution in [1.82, 2.24) is 15.2 Å². The molecule has 0 bridgehead atoms. The third-order valence-electron chi connectivity index (χ3n) is 3.85. The SMILES string of the molecule is C[C@@H]1CNCCN1C(=O)c1cncc(-c2ccccc2)c1. The number of hydrogen-bond donors (Lipinski definition) is 1. The number of carbonyl (C=O) groups excluding carboxylic acids is 1. The van der Waals surface area contributed by atoms with Crippen LogP contribution < -0.4 is 5.32 Å². The monoisotopic (exact) mass is 281 g/mol. The van der Waals surface area contributed by atoms with E-state index in [4.69, 9.17) is 0 Å². The molecule has 1 atom stereocenters. The molecule has 0 aliphatic carbocycles. The highest BCUT2D eigenvalue weighted by atomic mass is 16.2. The van der Waals surface area contributed by atoms with Crippen LogP contribution >= 0.6 is 0 Å². The summed E-state index contributed by atoms with van der Waals surface area (Å²) in [7, 11) is 0. The summed E-state index contributed by atoms with van der Waals surface area (Å²) in [4.78, 5) is 18.8. The van der Waals surface area contributed by atoms with Gasteiger partial charge in [-0.25, -0.2) is 0 Å². The lowest BCUT2D eigenvalue weighted by Crippen LogP contribution is -2.52. The van der Waals surface area contributed by atoms with Gasteiger partial charge in [-0.1, -0.05) is 30.3 Å². The minimum Gasteiger partial charge on any atom is -0.333 e. The van der Waals surface area contributed by atoms with Gasteiger partial charge in [-0.15, -0.1) is 0 Å². The summed E-state index contributed by atoms with van der Waals surface area (Å²) < 4.78 is 0. The van der Waals surface area contributed by atoms with Gasteiger partial charge in [0.25, 0.3) is 5.91 Å². The quantitative estimate of drug-likeness (QED) is 0.917. The number of nitrogens with one attached hydrogen (secondary N) is 1. The zero-order chi connectivity index (χ0) is 14.7. The van der Waals surface area contributed by atoms with Crippen LogP contribution in [0.2, 0.25) is 0 Å². The van der Waals surface area contributed by atoms with Crippen molar-refractivity contribution in [2.75, 3.05) is 19.6 Å². The van der Waals surface area contributed by atoms with E-state index in [1.165, 1.54) is 0 Å². The maximum absolute atomic E-state index is 12.7. The van der Waals surface area contributed by atoms with Crippen LogP contribution in [-0.2, 0) is 0 Å². The van der Waals surface area contributed by atoms with Crippen LogP contribution in [0.3, 0.4) is 0 Å². The molecule has 1 saturated heterocycles. The Balaban J connectivity index is 1.87. The van der Waals surface area contributed by atoms with Gasteiger partial charge in [0, 0.05) is 43.6 Å². The maximum atomic E-state index is 12.7. The number of nitrogens with zero attached hydrogens (tertiary/aromatic N) is 2. The molecule has 4 nitrogen and oxygen atoms in total. The number of aromatic nitrogens is 1. The standard InChI is InChI=1S/C17H19N3O/c1-13-10-18-7-8-20(13)17(21)16-9-15(11-19-12-16)14-5-3-2-4-6-14/h2-6,9,11-13,18H,7-8,10H2,1H3/t13-/m1/s1. The van der Waals surface area contributed by atoms with Gasteiger partial charge in [-0.05, 0) is 18.6 Å². The number of piperazine rings is 1. The molecule has 1 fully saturated rings. The molecule has 0 spiro atoms. The lowest BCUT2D eigenvalue weighted by molar-refractivity contribution is 0.0655. The molecule has 21 heavy (non-hydrogen) atoms.